The Morgan fingerprint density at radius 1 is 1.41 bits per heavy atom. The van der Waals surface area contributed by atoms with Crippen LogP contribution in [0, 0.1) is 0 Å². The molecule has 0 amide bonds. The Morgan fingerprint density at radius 3 is 3.06 bits per heavy atom. The highest BCUT2D eigenvalue weighted by atomic mass is 79.9. The molecule has 1 unspecified atom stereocenters. The first kappa shape index (κ1) is 10.7. The Balaban J connectivity index is 2.00. The van der Waals surface area contributed by atoms with Gasteiger partial charge in [-0.1, -0.05) is 15.9 Å². The molecule has 1 aromatic heterocycles. The maximum atomic E-state index is 5.81. The number of ether oxygens (including phenoxy) is 1. The fourth-order valence-corrected chi connectivity index (χ4v) is 2.55. The number of fused-ring (bicyclic) bond motifs is 1. The van der Waals surface area contributed by atoms with Crippen molar-refractivity contribution in [3.05, 3.63) is 46.7 Å². The van der Waals surface area contributed by atoms with Gasteiger partial charge in [-0.2, -0.15) is 0 Å². The predicted molar refractivity (Wildman–Crippen MR) is 71.6 cm³/mol. The van der Waals surface area contributed by atoms with Crippen LogP contribution in [0.1, 0.15) is 11.6 Å². The Labute approximate surface area is 109 Å². The number of aromatic nitrogens is 1. The standard InChI is InChI=1S/C13H13BrN2O/c1-16-11-6-10(14)2-3-13(11)17-8-12(16)9-4-5-15-7-9/h2-7,12,15H,8H2,1H3. The van der Waals surface area contributed by atoms with Crippen LogP contribution in [0.15, 0.2) is 41.1 Å². The Kier molecular flexibility index (Phi) is 2.59. The summed E-state index contributed by atoms with van der Waals surface area (Å²) in [6.45, 7) is 0.684. The summed E-state index contributed by atoms with van der Waals surface area (Å²) in [5.74, 6) is 0.947. The fourth-order valence-electron chi connectivity index (χ4n) is 2.20. The van der Waals surface area contributed by atoms with Gasteiger partial charge in [0, 0.05) is 23.9 Å². The maximum Gasteiger partial charge on any atom is 0.142 e. The van der Waals surface area contributed by atoms with Gasteiger partial charge >= 0.3 is 0 Å². The van der Waals surface area contributed by atoms with E-state index in [-0.39, 0.29) is 6.04 Å². The predicted octanol–water partition coefficient (Wildman–Crippen LogP) is 3.35. The minimum Gasteiger partial charge on any atom is -0.489 e. The van der Waals surface area contributed by atoms with Crippen molar-refractivity contribution in [1.82, 2.24) is 4.98 Å². The van der Waals surface area contributed by atoms with Crippen molar-refractivity contribution in [1.29, 1.82) is 0 Å². The molecule has 1 atom stereocenters. The summed E-state index contributed by atoms with van der Waals surface area (Å²) in [6.07, 6.45) is 3.97. The van der Waals surface area contributed by atoms with Gasteiger partial charge < -0.3 is 14.6 Å². The highest BCUT2D eigenvalue weighted by Gasteiger charge is 2.26. The average Bonchev–Trinajstić information content (AvgIpc) is 2.84. The first-order chi connectivity index (χ1) is 8.25. The molecule has 1 aliphatic heterocycles. The van der Waals surface area contributed by atoms with E-state index >= 15 is 0 Å². The molecule has 3 rings (SSSR count). The molecule has 0 bridgehead atoms. The summed E-state index contributed by atoms with van der Waals surface area (Å²) >= 11 is 3.50. The number of H-pyrrole nitrogens is 1. The van der Waals surface area contributed by atoms with Crippen LogP contribution in [-0.4, -0.2) is 18.6 Å². The van der Waals surface area contributed by atoms with Crippen LogP contribution in [0.25, 0.3) is 0 Å². The quantitative estimate of drug-likeness (QED) is 0.873. The topological polar surface area (TPSA) is 28.3 Å². The van der Waals surface area contributed by atoms with Crippen molar-refractivity contribution in [2.24, 2.45) is 0 Å². The summed E-state index contributed by atoms with van der Waals surface area (Å²) in [6, 6.07) is 8.46. The highest BCUT2D eigenvalue weighted by Crippen LogP contribution is 2.39. The van der Waals surface area contributed by atoms with Crippen molar-refractivity contribution in [3.8, 4) is 5.75 Å². The number of nitrogens with zero attached hydrogens (tertiary/aromatic N) is 1. The third-order valence-electron chi connectivity index (χ3n) is 3.17. The van der Waals surface area contributed by atoms with Gasteiger partial charge in [0.1, 0.15) is 12.4 Å². The second-order valence-electron chi connectivity index (χ2n) is 4.19. The molecule has 0 spiro atoms. The van der Waals surface area contributed by atoms with Crippen molar-refractivity contribution in [2.75, 3.05) is 18.6 Å². The van der Waals surface area contributed by atoms with Gasteiger partial charge in [0.25, 0.3) is 0 Å². The van der Waals surface area contributed by atoms with E-state index in [2.05, 4.69) is 45.0 Å². The molecule has 1 aromatic carbocycles. The van der Waals surface area contributed by atoms with Crippen LogP contribution in [0.4, 0.5) is 5.69 Å². The molecule has 2 heterocycles. The number of hydrogen-bond acceptors (Lipinski definition) is 2. The van der Waals surface area contributed by atoms with E-state index < -0.39 is 0 Å². The van der Waals surface area contributed by atoms with Crippen LogP contribution in [0.2, 0.25) is 0 Å². The smallest absolute Gasteiger partial charge is 0.142 e. The number of likely N-dealkylation sites (N-methyl/N-ethyl adjacent to an activating group) is 1. The lowest BCUT2D eigenvalue weighted by Crippen LogP contribution is -2.33. The van der Waals surface area contributed by atoms with E-state index in [0.717, 1.165) is 15.9 Å². The van der Waals surface area contributed by atoms with Crippen molar-refractivity contribution in [3.63, 3.8) is 0 Å². The normalized spacial score (nSPS) is 18.7. The first-order valence-electron chi connectivity index (χ1n) is 5.53. The molecule has 0 saturated carbocycles. The van der Waals surface area contributed by atoms with Gasteiger partial charge in [-0.15, -0.1) is 0 Å². The lowest BCUT2D eigenvalue weighted by molar-refractivity contribution is 0.268. The Hall–Kier alpha value is -1.42. The van der Waals surface area contributed by atoms with Gasteiger partial charge in [-0.3, -0.25) is 0 Å². The van der Waals surface area contributed by atoms with Crippen LogP contribution < -0.4 is 9.64 Å². The summed E-state index contributed by atoms with van der Waals surface area (Å²) < 4.78 is 6.88. The largest absolute Gasteiger partial charge is 0.489 e. The number of hydrogen-bond donors (Lipinski definition) is 1. The molecular weight excluding hydrogens is 280 g/mol. The molecule has 0 fully saturated rings. The Bertz CT molecular complexity index is 524. The van der Waals surface area contributed by atoms with E-state index in [9.17, 15) is 0 Å². The lowest BCUT2D eigenvalue weighted by atomic mass is 10.1. The highest BCUT2D eigenvalue weighted by molar-refractivity contribution is 9.10. The molecule has 17 heavy (non-hydrogen) atoms. The molecule has 0 aliphatic carbocycles. The minimum absolute atomic E-state index is 0.267. The van der Waals surface area contributed by atoms with Crippen LogP contribution >= 0.6 is 15.9 Å². The zero-order valence-electron chi connectivity index (χ0n) is 9.48. The van der Waals surface area contributed by atoms with Gasteiger partial charge in [0.2, 0.25) is 0 Å². The molecule has 2 aromatic rings. The molecule has 88 valence electrons. The van der Waals surface area contributed by atoms with E-state index in [1.165, 1.54) is 5.56 Å². The molecule has 4 heteroatoms. The molecule has 0 saturated heterocycles. The summed E-state index contributed by atoms with van der Waals surface area (Å²) in [7, 11) is 2.10. The van der Waals surface area contributed by atoms with Crippen LogP contribution in [0.3, 0.4) is 0 Å². The van der Waals surface area contributed by atoms with Crippen molar-refractivity contribution >= 4 is 21.6 Å². The molecule has 3 nitrogen and oxygen atoms in total. The molecular formula is C13H13BrN2O. The van der Waals surface area contributed by atoms with E-state index in [1.54, 1.807) is 0 Å². The molecule has 0 radical (unpaired) electrons. The van der Waals surface area contributed by atoms with Gasteiger partial charge in [-0.05, 0) is 29.8 Å². The van der Waals surface area contributed by atoms with Gasteiger partial charge in [-0.25, -0.2) is 0 Å². The molecule has 1 N–H and O–H groups in total. The van der Waals surface area contributed by atoms with Crippen molar-refractivity contribution in [2.45, 2.75) is 6.04 Å². The van der Waals surface area contributed by atoms with Gasteiger partial charge in [0.15, 0.2) is 0 Å². The van der Waals surface area contributed by atoms with Crippen molar-refractivity contribution < 1.29 is 4.74 Å². The van der Waals surface area contributed by atoms with Gasteiger partial charge in [0.05, 0.1) is 11.7 Å². The lowest BCUT2D eigenvalue weighted by Gasteiger charge is -2.35. The van der Waals surface area contributed by atoms with E-state index in [1.807, 2.05) is 24.5 Å². The molecule has 1 aliphatic rings. The SMILES string of the molecule is CN1c2cc(Br)ccc2OCC1c1cc[nH]c1. The number of anilines is 1. The summed E-state index contributed by atoms with van der Waals surface area (Å²) in [4.78, 5) is 5.35. The number of rotatable bonds is 1. The van der Waals surface area contributed by atoms with Crippen LogP contribution in [0.5, 0.6) is 5.75 Å². The average molecular weight is 293 g/mol. The fraction of sp³-hybridized carbons (Fsp3) is 0.231. The zero-order valence-corrected chi connectivity index (χ0v) is 11.1. The second kappa shape index (κ2) is 4.11. The Morgan fingerprint density at radius 2 is 2.29 bits per heavy atom. The summed E-state index contributed by atoms with van der Waals surface area (Å²) in [5, 5.41) is 0. The third kappa shape index (κ3) is 1.82. The first-order valence-corrected chi connectivity index (χ1v) is 6.33. The number of benzene rings is 1. The van der Waals surface area contributed by atoms with E-state index in [4.69, 9.17) is 4.74 Å². The zero-order chi connectivity index (χ0) is 11.8. The maximum absolute atomic E-state index is 5.81. The number of aromatic amines is 1. The summed E-state index contributed by atoms with van der Waals surface area (Å²) in [5.41, 5.74) is 2.37. The van der Waals surface area contributed by atoms with E-state index in [0.29, 0.717) is 6.61 Å². The van der Waals surface area contributed by atoms with Crippen LogP contribution in [-0.2, 0) is 0 Å². The second-order valence-corrected chi connectivity index (χ2v) is 5.11. The number of halogens is 1. The third-order valence-corrected chi connectivity index (χ3v) is 3.67. The minimum atomic E-state index is 0.267. The number of nitrogens with one attached hydrogen (secondary N) is 1. The monoisotopic (exact) mass is 292 g/mol.